The minimum Gasteiger partial charge on any atom is -0.481 e. The van der Waals surface area contributed by atoms with Crippen LogP contribution in [0.15, 0.2) is 0 Å². The highest BCUT2D eigenvalue weighted by Gasteiger charge is 2.43. The maximum atomic E-state index is 12.4. The van der Waals surface area contributed by atoms with E-state index in [2.05, 4.69) is 0 Å². The van der Waals surface area contributed by atoms with E-state index in [-0.39, 0.29) is 12.3 Å². The summed E-state index contributed by atoms with van der Waals surface area (Å²) in [5, 5.41) is 8.29. The van der Waals surface area contributed by atoms with E-state index in [1.165, 1.54) is 4.90 Å². The molecule has 0 radical (unpaired) electrons. The Morgan fingerprint density at radius 3 is 2.55 bits per heavy atom. The van der Waals surface area contributed by atoms with Gasteiger partial charge in [-0.2, -0.15) is 0 Å². The van der Waals surface area contributed by atoms with Gasteiger partial charge in [-0.3, -0.25) is 9.59 Å². The highest BCUT2D eigenvalue weighted by Crippen LogP contribution is 2.31. The van der Waals surface area contributed by atoms with Crippen LogP contribution in [-0.2, 0) is 19.4 Å². The van der Waals surface area contributed by atoms with Gasteiger partial charge in [0.15, 0.2) is 9.84 Å². The highest BCUT2D eigenvalue weighted by atomic mass is 32.2. The minimum absolute atomic E-state index is 0.0629. The molecular weight excluding hydrogens is 282 g/mol. The minimum atomic E-state index is -3.37. The van der Waals surface area contributed by atoms with Crippen molar-refractivity contribution in [2.75, 3.05) is 18.8 Å². The number of carbonyl (C=O) groups excluding carboxylic acids is 1. The van der Waals surface area contributed by atoms with Gasteiger partial charge in [0, 0.05) is 13.1 Å². The fourth-order valence-corrected chi connectivity index (χ4v) is 4.91. The molecule has 1 amide bonds. The lowest BCUT2D eigenvalue weighted by molar-refractivity contribution is -0.153. The largest absolute Gasteiger partial charge is 0.481 e. The zero-order chi connectivity index (χ0) is 15.0. The van der Waals surface area contributed by atoms with Crippen molar-refractivity contribution in [3.05, 3.63) is 0 Å². The van der Waals surface area contributed by atoms with E-state index in [1.54, 1.807) is 6.92 Å². The fraction of sp³-hybridized carbons (Fsp3) is 0.846. The van der Waals surface area contributed by atoms with Crippen LogP contribution in [0.5, 0.6) is 0 Å². The summed E-state index contributed by atoms with van der Waals surface area (Å²) in [5.74, 6) is -1.27. The predicted molar refractivity (Wildman–Crippen MR) is 73.0 cm³/mol. The number of carbonyl (C=O) groups is 2. The Morgan fingerprint density at radius 2 is 1.95 bits per heavy atom. The van der Waals surface area contributed by atoms with Gasteiger partial charge in [0.25, 0.3) is 0 Å². The molecule has 2 atom stereocenters. The first kappa shape index (κ1) is 15.3. The van der Waals surface area contributed by atoms with Crippen molar-refractivity contribution in [3.63, 3.8) is 0 Å². The Balaban J connectivity index is 2.15. The van der Waals surface area contributed by atoms with E-state index < -0.39 is 32.4 Å². The predicted octanol–water partition coefficient (Wildman–Crippen LogP) is 0.667. The molecule has 0 aromatic heterocycles. The number of carboxylic acid groups (broad SMARTS) is 1. The summed E-state index contributed by atoms with van der Waals surface area (Å²) in [7, 11) is -3.37. The van der Waals surface area contributed by atoms with Crippen LogP contribution in [0, 0.1) is 5.41 Å². The van der Waals surface area contributed by atoms with Crippen molar-refractivity contribution in [2.24, 2.45) is 5.41 Å². The molecule has 114 valence electrons. The molecule has 0 saturated carbocycles. The van der Waals surface area contributed by atoms with Crippen molar-refractivity contribution in [1.29, 1.82) is 0 Å². The van der Waals surface area contributed by atoms with E-state index in [4.69, 9.17) is 0 Å². The molecule has 0 aromatic rings. The average Bonchev–Trinajstić information content (AvgIpc) is 2.37. The molecule has 6 nitrogen and oxygen atoms in total. The normalized spacial score (nSPS) is 33.6. The molecule has 20 heavy (non-hydrogen) atoms. The number of carboxylic acids is 1. The van der Waals surface area contributed by atoms with Crippen LogP contribution < -0.4 is 0 Å². The lowest BCUT2D eigenvalue weighted by Gasteiger charge is -2.39. The summed E-state index contributed by atoms with van der Waals surface area (Å²) >= 11 is 0. The van der Waals surface area contributed by atoms with Crippen molar-refractivity contribution in [2.45, 2.75) is 44.3 Å². The smallest absolute Gasteiger partial charge is 0.311 e. The van der Waals surface area contributed by atoms with Crippen LogP contribution in [0.4, 0.5) is 0 Å². The zero-order valence-electron chi connectivity index (χ0n) is 11.7. The SMILES string of the molecule is CC1(C(=O)O)CCCN(C(=O)C2CCCCS2(=O)=O)C1. The second-order valence-corrected chi connectivity index (χ2v) is 8.38. The Labute approximate surface area is 119 Å². The van der Waals surface area contributed by atoms with Crippen molar-refractivity contribution >= 4 is 21.7 Å². The summed E-state index contributed by atoms with van der Waals surface area (Å²) in [4.78, 5) is 25.2. The lowest BCUT2D eigenvalue weighted by Crippen LogP contribution is -2.53. The number of nitrogens with zero attached hydrogens (tertiary/aromatic N) is 1. The maximum absolute atomic E-state index is 12.4. The number of rotatable bonds is 2. The van der Waals surface area contributed by atoms with Crippen LogP contribution in [0.1, 0.15) is 39.0 Å². The average molecular weight is 303 g/mol. The van der Waals surface area contributed by atoms with Crippen LogP contribution in [0.25, 0.3) is 0 Å². The molecule has 0 bridgehead atoms. The third kappa shape index (κ3) is 2.82. The first-order chi connectivity index (χ1) is 9.26. The Kier molecular flexibility index (Phi) is 4.09. The third-order valence-electron chi connectivity index (χ3n) is 4.38. The zero-order valence-corrected chi connectivity index (χ0v) is 12.5. The van der Waals surface area contributed by atoms with Gasteiger partial charge in [-0.1, -0.05) is 6.42 Å². The Morgan fingerprint density at radius 1 is 1.25 bits per heavy atom. The first-order valence-electron chi connectivity index (χ1n) is 7.00. The molecule has 2 fully saturated rings. The molecule has 0 spiro atoms. The van der Waals surface area contributed by atoms with Gasteiger partial charge < -0.3 is 10.0 Å². The van der Waals surface area contributed by atoms with Gasteiger partial charge in [-0.25, -0.2) is 8.42 Å². The van der Waals surface area contributed by atoms with Crippen LogP contribution in [0.3, 0.4) is 0 Å². The van der Waals surface area contributed by atoms with Gasteiger partial charge in [-0.15, -0.1) is 0 Å². The molecule has 2 heterocycles. The number of hydrogen-bond acceptors (Lipinski definition) is 4. The number of likely N-dealkylation sites (tertiary alicyclic amines) is 1. The van der Waals surface area contributed by atoms with Gasteiger partial charge >= 0.3 is 5.97 Å². The lowest BCUT2D eigenvalue weighted by atomic mass is 9.82. The molecule has 7 heteroatoms. The molecule has 2 aliphatic rings. The second-order valence-electron chi connectivity index (χ2n) is 6.08. The standard InChI is InChI=1S/C13H21NO5S/c1-13(12(16)17)6-4-7-14(9-13)11(15)10-5-2-3-8-20(10,18)19/h10H,2-9H2,1H3,(H,16,17). The maximum Gasteiger partial charge on any atom is 0.311 e. The topological polar surface area (TPSA) is 91.8 Å². The van der Waals surface area contributed by atoms with Crippen LogP contribution in [0.2, 0.25) is 0 Å². The molecular formula is C13H21NO5S. The monoisotopic (exact) mass is 303 g/mol. The Bertz CT molecular complexity index is 515. The molecule has 0 aliphatic carbocycles. The molecule has 2 saturated heterocycles. The van der Waals surface area contributed by atoms with Gasteiger partial charge in [0.05, 0.1) is 11.2 Å². The summed E-state index contributed by atoms with van der Waals surface area (Å²) in [6.07, 6.45) is 2.82. The molecule has 2 unspecified atom stereocenters. The summed E-state index contributed by atoms with van der Waals surface area (Å²) < 4.78 is 24.0. The number of hydrogen-bond donors (Lipinski definition) is 1. The highest BCUT2D eigenvalue weighted by molar-refractivity contribution is 7.92. The number of sulfone groups is 1. The van der Waals surface area contributed by atoms with E-state index in [9.17, 15) is 23.1 Å². The van der Waals surface area contributed by atoms with Gasteiger partial charge in [0.2, 0.25) is 5.91 Å². The number of piperidine rings is 1. The first-order valence-corrected chi connectivity index (χ1v) is 8.72. The van der Waals surface area contributed by atoms with Crippen molar-refractivity contribution in [3.8, 4) is 0 Å². The summed E-state index contributed by atoms with van der Waals surface area (Å²) in [5.41, 5.74) is -0.966. The van der Waals surface area contributed by atoms with E-state index in [1.807, 2.05) is 0 Å². The van der Waals surface area contributed by atoms with Crippen molar-refractivity contribution < 1.29 is 23.1 Å². The summed E-state index contributed by atoms with van der Waals surface area (Å²) in [6.45, 7) is 2.17. The van der Waals surface area contributed by atoms with Crippen LogP contribution >= 0.6 is 0 Å². The molecule has 2 aliphatic heterocycles. The molecule has 1 N–H and O–H groups in total. The molecule has 2 rings (SSSR count). The van der Waals surface area contributed by atoms with E-state index in [0.717, 1.165) is 6.42 Å². The van der Waals surface area contributed by atoms with Crippen molar-refractivity contribution in [1.82, 2.24) is 4.90 Å². The number of amides is 1. The fourth-order valence-electron chi connectivity index (χ4n) is 3.04. The van der Waals surface area contributed by atoms with Gasteiger partial charge in [0.1, 0.15) is 5.25 Å². The van der Waals surface area contributed by atoms with Crippen LogP contribution in [-0.4, -0.2) is 54.4 Å². The quantitative estimate of drug-likeness (QED) is 0.809. The Hall–Kier alpha value is -1.11. The second kappa shape index (κ2) is 5.35. The summed E-state index contributed by atoms with van der Waals surface area (Å²) in [6, 6.07) is 0. The number of aliphatic carboxylic acids is 1. The molecule has 0 aromatic carbocycles. The van der Waals surface area contributed by atoms with E-state index in [0.29, 0.717) is 32.2 Å². The third-order valence-corrected chi connectivity index (χ3v) is 6.54. The van der Waals surface area contributed by atoms with E-state index >= 15 is 0 Å². The van der Waals surface area contributed by atoms with Gasteiger partial charge in [-0.05, 0) is 32.6 Å².